The molecule has 8 nitrogen and oxygen atoms in total. The number of carbonyl (C=O) groups is 2. The van der Waals surface area contributed by atoms with Crippen molar-refractivity contribution in [2.24, 2.45) is 0 Å². The van der Waals surface area contributed by atoms with Gasteiger partial charge >= 0.3 is 0 Å². The number of anilines is 1. The number of hydrogen-bond acceptors (Lipinski definition) is 4. The van der Waals surface area contributed by atoms with Gasteiger partial charge in [0.05, 0.1) is 17.7 Å². The Kier molecular flexibility index (Phi) is 4.50. The maximum Gasteiger partial charge on any atom is 0.289 e. The zero-order valence-corrected chi connectivity index (χ0v) is 16.7. The van der Waals surface area contributed by atoms with Crippen LogP contribution in [0.4, 0.5) is 10.1 Å². The monoisotopic (exact) mass is 418 g/mol. The second kappa shape index (κ2) is 7.35. The summed E-state index contributed by atoms with van der Waals surface area (Å²) in [4.78, 5) is 30.1. The molecular formula is C22H19FN6O2. The van der Waals surface area contributed by atoms with Gasteiger partial charge in [0.25, 0.3) is 11.8 Å². The van der Waals surface area contributed by atoms with Gasteiger partial charge in [0.1, 0.15) is 17.7 Å². The van der Waals surface area contributed by atoms with Gasteiger partial charge in [-0.1, -0.05) is 30.3 Å². The summed E-state index contributed by atoms with van der Waals surface area (Å²) in [5.41, 5.74) is 2.25. The van der Waals surface area contributed by atoms with Crippen molar-refractivity contribution in [3.8, 4) is 0 Å². The van der Waals surface area contributed by atoms with Crippen molar-refractivity contribution >= 4 is 28.4 Å². The molecule has 9 heteroatoms. The lowest BCUT2D eigenvalue weighted by atomic mass is 10.1. The van der Waals surface area contributed by atoms with Crippen LogP contribution in [0.1, 0.15) is 22.0 Å². The molecule has 4 aromatic rings. The van der Waals surface area contributed by atoms with Gasteiger partial charge in [-0.05, 0) is 23.8 Å². The SMILES string of the molecule is CN1C(=O)C(NC(=O)c2nnc(Cc3ccccc3)[nH]2)Cn2ccc3cc(F)cc1c32. The molecule has 0 spiro atoms. The molecule has 1 atom stereocenters. The molecule has 0 bridgehead atoms. The molecule has 2 N–H and O–H groups in total. The molecule has 1 aliphatic heterocycles. The maximum absolute atomic E-state index is 14.0. The first-order valence-corrected chi connectivity index (χ1v) is 9.82. The van der Waals surface area contributed by atoms with E-state index in [1.165, 1.54) is 17.0 Å². The summed E-state index contributed by atoms with van der Waals surface area (Å²) in [5.74, 6) is -0.704. The number of hydrogen-bond donors (Lipinski definition) is 2. The van der Waals surface area contributed by atoms with E-state index in [0.29, 0.717) is 23.3 Å². The zero-order valence-electron chi connectivity index (χ0n) is 16.7. The third-order valence-electron chi connectivity index (χ3n) is 5.44. The van der Waals surface area contributed by atoms with Crippen LogP contribution in [-0.4, -0.2) is 44.7 Å². The van der Waals surface area contributed by atoms with E-state index in [0.717, 1.165) is 11.1 Å². The van der Waals surface area contributed by atoms with Crippen molar-refractivity contribution in [3.05, 3.63) is 77.8 Å². The molecule has 2 aromatic carbocycles. The van der Waals surface area contributed by atoms with Gasteiger partial charge in [-0.3, -0.25) is 9.59 Å². The van der Waals surface area contributed by atoms with Crippen LogP contribution in [0.3, 0.4) is 0 Å². The number of rotatable bonds is 4. The highest BCUT2D eigenvalue weighted by Crippen LogP contribution is 2.31. The number of nitrogens with zero attached hydrogens (tertiary/aromatic N) is 4. The second-order valence-corrected chi connectivity index (χ2v) is 7.54. The van der Waals surface area contributed by atoms with Gasteiger partial charge in [-0.2, -0.15) is 0 Å². The fraction of sp³-hybridized carbons (Fsp3) is 0.182. The van der Waals surface area contributed by atoms with E-state index < -0.39 is 17.8 Å². The van der Waals surface area contributed by atoms with E-state index in [1.54, 1.807) is 19.3 Å². The van der Waals surface area contributed by atoms with Crippen LogP contribution in [-0.2, 0) is 17.8 Å². The maximum atomic E-state index is 14.0. The highest BCUT2D eigenvalue weighted by Gasteiger charge is 2.31. The van der Waals surface area contributed by atoms with E-state index in [2.05, 4.69) is 20.5 Å². The zero-order chi connectivity index (χ0) is 21.5. The van der Waals surface area contributed by atoms with Crippen molar-refractivity contribution in [2.45, 2.75) is 19.0 Å². The first-order chi connectivity index (χ1) is 15.0. The van der Waals surface area contributed by atoms with Crippen LogP contribution in [0, 0.1) is 5.82 Å². The Morgan fingerprint density at radius 1 is 1.23 bits per heavy atom. The Bertz CT molecular complexity index is 1300. The van der Waals surface area contributed by atoms with Gasteiger partial charge < -0.3 is 19.8 Å². The molecule has 3 heterocycles. The van der Waals surface area contributed by atoms with Gasteiger partial charge in [0, 0.05) is 25.1 Å². The van der Waals surface area contributed by atoms with Gasteiger partial charge in [0.2, 0.25) is 5.82 Å². The van der Waals surface area contributed by atoms with Crippen LogP contribution < -0.4 is 10.2 Å². The summed E-state index contributed by atoms with van der Waals surface area (Å²) in [6.45, 7) is 0.224. The van der Waals surface area contributed by atoms with Crippen LogP contribution in [0.5, 0.6) is 0 Å². The number of nitrogens with one attached hydrogen (secondary N) is 2. The van der Waals surface area contributed by atoms with Gasteiger partial charge in [0.15, 0.2) is 0 Å². The molecule has 1 aliphatic rings. The highest BCUT2D eigenvalue weighted by atomic mass is 19.1. The Labute approximate surface area is 176 Å². The minimum absolute atomic E-state index is 0.0341. The molecule has 0 saturated carbocycles. The lowest BCUT2D eigenvalue weighted by molar-refractivity contribution is -0.120. The summed E-state index contributed by atoms with van der Waals surface area (Å²) in [6, 6.07) is 13.4. The summed E-state index contributed by atoms with van der Waals surface area (Å²) < 4.78 is 15.8. The Morgan fingerprint density at radius 3 is 2.84 bits per heavy atom. The summed E-state index contributed by atoms with van der Waals surface area (Å²) >= 11 is 0. The number of amides is 2. The Morgan fingerprint density at radius 2 is 2.03 bits per heavy atom. The molecule has 31 heavy (non-hydrogen) atoms. The molecule has 2 amide bonds. The molecular weight excluding hydrogens is 399 g/mol. The minimum Gasteiger partial charge on any atom is -0.343 e. The third kappa shape index (κ3) is 3.43. The van der Waals surface area contributed by atoms with Crippen molar-refractivity contribution in [2.75, 3.05) is 11.9 Å². The van der Waals surface area contributed by atoms with Crippen LogP contribution in [0.15, 0.2) is 54.7 Å². The third-order valence-corrected chi connectivity index (χ3v) is 5.44. The molecule has 1 unspecified atom stereocenters. The average molecular weight is 418 g/mol. The molecule has 156 valence electrons. The number of aromatic nitrogens is 4. The standard InChI is InChI=1S/C22H19FN6O2/c1-28-17-11-15(23)10-14-7-8-29(19(14)17)12-16(22(28)31)24-21(30)20-25-18(26-27-20)9-13-5-3-2-4-6-13/h2-8,10-11,16H,9,12H2,1H3,(H,24,30)(H,25,26,27). The average Bonchev–Trinajstić information content (AvgIpc) is 3.37. The smallest absolute Gasteiger partial charge is 0.289 e. The molecule has 0 saturated heterocycles. The van der Waals surface area contributed by atoms with Crippen LogP contribution in [0.2, 0.25) is 0 Å². The number of carbonyl (C=O) groups excluding carboxylic acids is 2. The number of likely N-dealkylation sites (N-methyl/N-ethyl adjacent to an activating group) is 1. The van der Waals surface area contributed by atoms with Gasteiger partial charge in [-0.25, -0.2) is 4.39 Å². The molecule has 5 rings (SSSR count). The predicted molar refractivity (Wildman–Crippen MR) is 112 cm³/mol. The van der Waals surface area contributed by atoms with E-state index >= 15 is 0 Å². The molecule has 0 aliphatic carbocycles. The number of H-pyrrole nitrogens is 1. The van der Waals surface area contributed by atoms with E-state index in [1.807, 2.05) is 34.9 Å². The predicted octanol–water partition coefficient (Wildman–Crippen LogP) is 2.26. The first-order valence-electron chi connectivity index (χ1n) is 9.82. The second-order valence-electron chi connectivity index (χ2n) is 7.54. The highest BCUT2D eigenvalue weighted by molar-refractivity contribution is 6.07. The quantitative estimate of drug-likeness (QED) is 0.531. The lowest BCUT2D eigenvalue weighted by Gasteiger charge is -2.21. The van der Waals surface area contributed by atoms with Crippen molar-refractivity contribution < 1.29 is 14.0 Å². The largest absolute Gasteiger partial charge is 0.343 e. The minimum atomic E-state index is -0.841. The van der Waals surface area contributed by atoms with Crippen molar-refractivity contribution in [1.29, 1.82) is 0 Å². The summed E-state index contributed by atoms with van der Waals surface area (Å²) in [6.07, 6.45) is 2.29. The Hall–Kier alpha value is -4.01. The number of halogens is 1. The van der Waals surface area contributed by atoms with E-state index in [4.69, 9.17) is 0 Å². The fourth-order valence-corrected chi connectivity index (χ4v) is 3.93. The van der Waals surface area contributed by atoms with Crippen LogP contribution >= 0.6 is 0 Å². The summed E-state index contributed by atoms with van der Waals surface area (Å²) in [5, 5.41) is 11.4. The lowest BCUT2D eigenvalue weighted by Crippen LogP contribution is -2.48. The van der Waals surface area contributed by atoms with E-state index in [-0.39, 0.29) is 18.3 Å². The van der Waals surface area contributed by atoms with Crippen molar-refractivity contribution in [3.63, 3.8) is 0 Å². The molecule has 0 fully saturated rings. The topological polar surface area (TPSA) is 95.9 Å². The van der Waals surface area contributed by atoms with Crippen LogP contribution in [0.25, 0.3) is 10.9 Å². The van der Waals surface area contributed by atoms with E-state index in [9.17, 15) is 14.0 Å². The Balaban J connectivity index is 1.37. The molecule has 0 radical (unpaired) electrons. The normalized spacial score (nSPS) is 15.9. The van der Waals surface area contributed by atoms with Gasteiger partial charge in [-0.15, -0.1) is 10.2 Å². The molecule has 2 aromatic heterocycles. The number of benzene rings is 2. The first kappa shape index (κ1) is 19.0. The van der Waals surface area contributed by atoms with Crippen molar-refractivity contribution in [1.82, 2.24) is 25.1 Å². The summed E-state index contributed by atoms with van der Waals surface area (Å²) in [7, 11) is 1.57. The fourth-order valence-electron chi connectivity index (χ4n) is 3.93. The number of aromatic amines is 1.